The van der Waals surface area contributed by atoms with Crippen LogP contribution in [-0.2, 0) is 11.8 Å². The van der Waals surface area contributed by atoms with Gasteiger partial charge in [-0.1, -0.05) is 11.6 Å². The van der Waals surface area contributed by atoms with Gasteiger partial charge in [-0.3, -0.25) is 10.1 Å². The third kappa shape index (κ3) is 3.21. The second-order valence-electron chi connectivity index (χ2n) is 5.59. The van der Waals surface area contributed by atoms with Crippen molar-refractivity contribution in [1.82, 2.24) is 4.57 Å². The lowest BCUT2D eigenvalue weighted by molar-refractivity contribution is -0.383. The van der Waals surface area contributed by atoms with Gasteiger partial charge in [0.2, 0.25) is 0 Å². The summed E-state index contributed by atoms with van der Waals surface area (Å²) in [4.78, 5) is 23.1. The second-order valence-corrected chi connectivity index (χ2v) is 6.03. The third-order valence-corrected chi connectivity index (χ3v) is 4.23. The Morgan fingerprint density at radius 3 is 2.58 bits per heavy atom. The van der Waals surface area contributed by atoms with Crippen molar-refractivity contribution >= 4 is 45.5 Å². The molecule has 134 valence electrons. The molecule has 1 aromatic heterocycles. The molecule has 0 unspecified atom stereocenters. The number of aryl methyl sites for hydroxylation is 1. The molecule has 1 N–H and O–H groups in total. The van der Waals surface area contributed by atoms with Gasteiger partial charge in [-0.25, -0.2) is 4.79 Å². The zero-order valence-corrected chi connectivity index (χ0v) is 14.9. The predicted octanol–water partition coefficient (Wildman–Crippen LogP) is 4.66. The lowest BCUT2D eigenvalue weighted by Gasteiger charge is -2.09. The minimum Gasteiger partial charge on any atom is -0.461 e. The summed E-state index contributed by atoms with van der Waals surface area (Å²) < 4.78 is 6.53. The molecule has 0 atom stereocenters. The van der Waals surface area contributed by atoms with Crippen molar-refractivity contribution in [2.75, 3.05) is 11.9 Å². The highest BCUT2D eigenvalue weighted by Crippen LogP contribution is 2.35. The van der Waals surface area contributed by atoms with Crippen LogP contribution in [0.4, 0.5) is 17.1 Å². The fourth-order valence-electron chi connectivity index (χ4n) is 2.80. The lowest BCUT2D eigenvalue weighted by Crippen LogP contribution is -2.09. The van der Waals surface area contributed by atoms with E-state index in [0.29, 0.717) is 21.6 Å². The highest BCUT2D eigenvalue weighted by molar-refractivity contribution is 6.30. The zero-order valence-electron chi connectivity index (χ0n) is 14.2. The standard InChI is InChI=1S/C18H16ClN3O4/c1-3-26-18(23)16-10-13-14(20-12-6-4-11(19)5-7-12)8-9-15(22(24)25)17(13)21(16)2/h4-10,20H,3H2,1-2H3. The monoisotopic (exact) mass is 373 g/mol. The maximum atomic E-state index is 12.2. The van der Waals surface area contributed by atoms with Crippen LogP contribution >= 0.6 is 11.6 Å². The minimum absolute atomic E-state index is 0.0836. The van der Waals surface area contributed by atoms with Gasteiger partial charge in [0.1, 0.15) is 11.2 Å². The van der Waals surface area contributed by atoms with Crippen molar-refractivity contribution < 1.29 is 14.5 Å². The molecule has 3 aromatic rings. The Morgan fingerprint density at radius 1 is 1.27 bits per heavy atom. The number of carbonyl (C=O) groups is 1. The molecule has 0 fully saturated rings. The number of esters is 1. The zero-order chi connectivity index (χ0) is 18.8. The molecule has 26 heavy (non-hydrogen) atoms. The number of nitro groups is 1. The maximum Gasteiger partial charge on any atom is 0.354 e. The fourth-order valence-corrected chi connectivity index (χ4v) is 2.92. The van der Waals surface area contributed by atoms with Crippen molar-refractivity contribution in [3.63, 3.8) is 0 Å². The highest BCUT2D eigenvalue weighted by atomic mass is 35.5. The van der Waals surface area contributed by atoms with E-state index >= 15 is 0 Å². The number of rotatable bonds is 5. The lowest BCUT2D eigenvalue weighted by atomic mass is 10.1. The van der Waals surface area contributed by atoms with Crippen LogP contribution in [0.25, 0.3) is 10.9 Å². The van der Waals surface area contributed by atoms with E-state index in [-0.39, 0.29) is 18.0 Å². The van der Waals surface area contributed by atoms with Gasteiger partial charge in [-0.05, 0) is 43.3 Å². The number of nitro benzene ring substituents is 1. The molecule has 0 bridgehead atoms. The summed E-state index contributed by atoms with van der Waals surface area (Å²) in [6.45, 7) is 1.93. The second kappa shape index (κ2) is 7.05. The molecule has 0 saturated heterocycles. The van der Waals surface area contributed by atoms with Crippen molar-refractivity contribution in [3.05, 3.63) is 63.3 Å². The van der Waals surface area contributed by atoms with Crippen molar-refractivity contribution in [2.45, 2.75) is 6.92 Å². The third-order valence-electron chi connectivity index (χ3n) is 3.98. The quantitative estimate of drug-likeness (QED) is 0.399. The number of ether oxygens (including phenoxy) is 1. The number of benzene rings is 2. The van der Waals surface area contributed by atoms with Crippen molar-refractivity contribution in [2.24, 2.45) is 7.05 Å². The van der Waals surface area contributed by atoms with Crippen LogP contribution in [0.5, 0.6) is 0 Å². The van der Waals surface area contributed by atoms with Crippen LogP contribution in [0.1, 0.15) is 17.4 Å². The van der Waals surface area contributed by atoms with E-state index in [2.05, 4.69) is 5.32 Å². The summed E-state index contributed by atoms with van der Waals surface area (Å²) in [5.74, 6) is -0.530. The number of halogens is 1. The van der Waals surface area contributed by atoms with Crippen molar-refractivity contribution in [3.8, 4) is 0 Å². The normalized spacial score (nSPS) is 10.7. The van der Waals surface area contributed by atoms with Gasteiger partial charge in [0.15, 0.2) is 0 Å². The van der Waals surface area contributed by atoms with E-state index in [1.165, 1.54) is 10.6 Å². The van der Waals surface area contributed by atoms with Gasteiger partial charge in [0.25, 0.3) is 5.69 Å². The number of non-ortho nitro benzene ring substituents is 1. The average molecular weight is 374 g/mol. The van der Waals surface area contributed by atoms with E-state index < -0.39 is 10.9 Å². The Morgan fingerprint density at radius 2 is 1.96 bits per heavy atom. The van der Waals surface area contributed by atoms with E-state index in [4.69, 9.17) is 16.3 Å². The van der Waals surface area contributed by atoms with Crippen LogP contribution in [0, 0.1) is 10.1 Å². The molecule has 0 radical (unpaired) electrons. The summed E-state index contributed by atoms with van der Waals surface area (Å²) in [6.07, 6.45) is 0. The first-order chi connectivity index (χ1) is 12.4. The SMILES string of the molecule is CCOC(=O)c1cc2c(Nc3ccc(Cl)cc3)ccc([N+](=O)[O-])c2n1C. The number of nitrogens with zero attached hydrogens (tertiary/aromatic N) is 2. The fraction of sp³-hybridized carbons (Fsp3) is 0.167. The van der Waals surface area contributed by atoms with Crippen LogP contribution in [-0.4, -0.2) is 22.1 Å². The van der Waals surface area contributed by atoms with E-state index in [1.54, 1.807) is 50.4 Å². The average Bonchev–Trinajstić information content (AvgIpc) is 2.95. The van der Waals surface area contributed by atoms with Gasteiger partial charge in [-0.2, -0.15) is 0 Å². The number of hydrogen-bond acceptors (Lipinski definition) is 5. The first-order valence-corrected chi connectivity index (χ1v) is 8.26. The van der Waals surface area contributed by atoms with E-state index in [9.17, 15) is 14.9 Å². The smallest absolute Gasteiger partial charge is 0.354 e. The molecular formula is C18H16ClN3O4. The predicted molar refractivity (Wildman–Crippen MR) is 100 cm³/mol. The topological polar surface area (TPSA) is 86.4 Å². The number of carbonyl (C=O) groups excluding carboxylic acids is 1. The maximum absolute atomic E-state index is 12.2. The summed E-state index contributed by atoms with van der Waals surface area (Å²) in [6, 6.07) is 11.7. The van der Waals surface area contributed by atoms with Gasteiger partial charge < -0.3 is 14.6 Å². The molecule has 1 heterocycles. The van der Waals surface area contributed by atoms with Gasteiger partial charge in [-0.15, -0.1) is 0 Å². The summed E-state index contributed by atoms with van der Waals surface area (Å²) in [7, 11) is 1.60. The number of fused-ring (bicyclic) bond motifs is 1. The molecule has 0 aliphatic rings. The first-order valence-electron chi connectivity index (χ1n) is 7.89. The van der Waals surface area contributed by atoms with Crippen LogP contribution < -0.4 is 5.32 Å². The molecule has 0 amide bonds. The molecule has 0 aliphatic heterocycles. The van der Waals surface area contributed by atoms with Crippen molar-refractivity contribution in [1.29, 1.82) is 0 Å². The summed E-state index contributed by atoms with van der Waals surface area (Å²) >= 11 is 5.90. The van der Waals surface area contributed by atoms with Crippen LogP contribution in [0.3, 0.4) is 0 Å². The Kier molecular flexibility index (Phi) is 4.81. The molecule has 0 saturated carbocycles. The van der Waals surface area contributed by atoms with E-state index in [0.717, 1.165) is 5.69 Å². The molecule has 0 spiro atoms. The Labute approximate surface area is 154 Å². The number of aromatic nitrogens is 1. The van der Waals surface area contributed by atoms with Gasteiger partial charge in [0.05, 0.1) is 11.5 Å². The van der Waals surface area contributed by atoms with Gasteiger partial charge in [0, 0.05) is 34.9 Å². The van der Waals surface area contributed by atoms with Gasteiger partial charge >= 0.3 is 5.97 Å². The molecule has 3 rings (SSSR count). The molecule has 2 aromatic carbocycles. The largest absolute Gasteiger partial charge is 0.461 e. The van der Waals surface area contributed by atoms with Crippen LogP contribution in [0.15, 0.2) is 42.5 Å². The Hall–Kier alpha value is -3.06. The molecular weight excluding hydrogens is 358 g/mol. The number of anilines is 2. The highest BCUT2D eigenvalue weighted by Gasteiger charge is 2.23. The Bertz CT molecular complexity index is 996. The summed E-state index contributed by atoms with van der Waals surface area (Å²) in [5.41, 5.74) is 1.91. The van der Waals surface area contributed by atoms with E-state index in [1.807, 2.05) is 0 Å². The number of nitrogens with one attached hydrogen (secondary N) is 1. The molecule has 8 heteroatoms. The van der Waals surface area contributed by atoms with Crippen LogP contribution in [0.2, 0.25) is 5.02 Å². The Balaban J connectivity index is 2.16. The molecule has 7 nitrogen and oxygen atoms in total. The number of hydrogen-bond donors (Lipinski definition) is 1. The minimum atomic E-state index is -0.530. The first kappa shape index (κ1) is 17.8. The molecule has 0 aliphatic carbocycles. The summed E-state index contributed by atoms with van der Waals surface area (Å²) in [5, 5.41) is 15.8.